The van der Waals surface area contributed by atoms with Crippen molar-refractivity contribution in [3.8, 4) is 0 Å². The third-order valence-electron chi connectivity index (χ3n) is 4.21. The lowest BCUT2D eigenvalue weighted by Crippen LogP contribution is -2.27. The maximum atomic E-state index is 12.4. The molecular weight excluding hydrogens is 232 g/mol. The van der Waals surface area contributed by atoms with E-state index < -0.39 is 0 Å². The average Bonchev–Trinajstić information content (AvgIpc) is 2.55. The van der Waals surface area contributed by atoms with Crippen LogP contribution in [0.5, 0.6) is 0 Å². The second kappa shape index (κ2) is 3.92. The molecule has 0 aliphatic heterocycles. The summed E-state index contributed by atoms with van der Waals surface area (Å²) in [6.07, 6.45) is 8.93. The second-order valence-electron chi connectivity index (χ2n) is 5.36. The third kappa shape index (κ3) is 1.58. The van der Waals surface area contributed by atoms with E-state index in [1.807, 2.05) is 30.4 Å². The van der Waals surface area contributed by atoms with E-state index in [9.17, 15) is 4.79 Å². The molecule has 0 fully saturated rings. The molecule has 0 spiro atoms. The molecule has 0 aromatic heterocycles. The molecule has 19 heavy (non-hydrogen) atoms. The van der Waals surface area contributed by atoms with Crippen molar-refractivity contribution in [3.05, 3.63) is 71.8 Å². The first-order valence-corrected chi connectivity index (χ1v) is 6.73. The second-order valence-corrected chi connectivity index (χ2v) is 5.36. The number of allylic oxidation sites excluding steroid dienone is 4. The highest BCUT2D eigenvalue weighted by molar-refractivity contribution is 5.96. The van der Waals surface area contributed by atoms with E-state index >= 15 is 0 Å². The topological polar surface area (TPSA) is 17.1 Å². The zero-order valence-electron chi connectivity index (χ0n) is 10.5. The van der Waals surface area contributed by atoms with Crippen LogP contribution in [0.4, 0.5) is 0 Å². The van der Waals surface area contributed by atoms with E-state index in [0.29, 0.717) is 5.78 Å². The summed E-state index contributed by atoms with van der Waals surface area (Å²) in [5.41, 5.74) is 2.52. The van der Waals surface area contributed by atoms with Crippen LogP contribution in [-0.2, 0) is 11.2 Å². The molecule has 2 aromatic rings. The van der Waals surface area contributed by atoms with Gasteiger partial charge in [-0.05, 0) is 34.4 Å². The minimum absolute atomic E-state index is 0.0497. The largest absolute Gasteiger partial charge is 0.298 e. The van der Waals surface area contributed by atoms with E-state index in [4.69, 9.17) is 0 Å². The zero-order chi connectivity index (χ0) is 12.8. The predicted octanol–water partition coefficient (Wildman–Crippen LogP) is 3.79. The first-order chi connectivity index (χ1) is 9.33. The van der Waals surface area contributed by atoms with Gasteiger partial charge in [-0.1, -0.05) is 54.6 Å². The van der Waals surface area contributed by atoms with E-state index in [0.717, 1.165) is 6.42 Å². The maximum absolute atomic E-state index is 12.4. The molecule has 1 heteroatoms. The molecule has 0 amide bonds. The van der Waals surface area contributed by atoms with Crippen LogP contribution in [0.2, 0.25) is 0 Å². The van der Waals surface area contributed by atoms with E-state index in [-0.39, 0.29) is 11.8 Å². The monoisotopic (exact) mass is 246 g/mol. The minimum Gasteiger partial charge on any atom is -0.298 e. The van der Waals surface area contributed by atoms with Crippen molar-refractivity contribution in [2.75, 3.05) is 0 Å². The Morgan fingerprint density at radius 3 is 2.53 bits per heavy atom. The Kier molecular flexibility index (Phi) is 2.22. The number of Topliss-reactive ketones (excluding diaryl/α,β-unsaturated/α-hetero) is 1. The predicted molar refractivity (Wildman–Crippen MR) is 77.2 cm³/mol. The van der Waals surface area contributed by atoms with Crippen molar-refractivity contribution in [1.82, 2.24) is 0 Å². The van der Waals surface area contributed by atoms with Crippen molar-refractivity contribution in [1.29, 1.82) is 0 Å². The molecule has 0 saturated carbocycles. The highest BCUT2D eigenvalue weighted by Crippen LogP contribution is 2.37. The van der Waals surface area contributed by atoms with Gasteiger partial charge in [0.1, 0.15) is 0 Å². The van der Waals surface area contributed by atoms with Crippen molar-refractivity contribution in [2.45, 2.75) is 12.3 Å². The number of hydrogen-bond acceptors (Lipinski definition) is 1. The molecule has 2 aromatic carbocycles. The Morgan fingerprint density at radius 2 is 1.68 bits per heavy atom. The minimum atomic E-state index is -0.0617. The number of rotatable bonds is 0. The molecule has 1 nitrogen and oxygen atoms in total. The molecule has 2 bridgehead atoms. The number of fused-ring (bicyclic) bond motifs is 5. The first kappa shape index (κ1) is 10.7. The molecule has 0 heterocycles. The van der Waals surface area contributed by atoms with Crippen LogP contribution >= 0.6 is 0 Å². The van der Waals surface area contributed by atoms with Crippen molar-refractivity contribution >= 4 is 16.6 Å². The fraction of sp³-hybridized carbons (Fsp3) is 0.167. The van der Waals surface area contributed by atoms with Crippen LogP contribution in [0.3, 0.4) is 0 Å². The van der Waals surface area contributed by atoms with Gasteiger partial charge in [-0.2, -0.15) is 0 Å². The standard InChI is InChI=1S/C18H14O/c19-18-14-7-3-4-8-16(18)17-11-13-6-2-1-5-12(13)9-15(17)10-14/h1-9,11,14,16H,10H2. The van der Waals surface area contributed by atoms with Gasteiger partial charge in [0.25, 0.3) is 0 Å². The Morgan fingerprint density at radius 1 is 0.947 bits per heavy atom. The van der Waals surface area contributed by atoms with E-state index in [2.05, 4.69) is 30.3 Å². The molecular formula is C18H14O. The number of carbonyl (C=O) groups excluding carboxylic acids is 1. The lowest BCUT2D eigenvalue weighted by Gasteiger charge is -2.26. The highest BCUT2D eigenvalue weighted by atomic mass is 16.1. The van der Waals surface area contributed by atoms with Gasteiger partial charge in [0.05, 0.1) is 5.92 Å². The van der Waals surface area contributed by atoms with Crippen molar-refractivity contribution < 1.29 is 4.79 Å². The molecule has 0 N–H and O–H groups in total. The third-order valence-corrected chi connectivity index (χ3v) is 4.21. The van der Waals surface area contributed by atoms with Crippen molar-refractivity contribution in [2.24, 2.45) is 5.92 Å². The molecule has 0 radical (unpaired) electrons. The fourth-order valence-electron chi connectivity index (χ4n) is 3.23. The quantitative estimate of drug-likeness (QED) is 0.691. The summed E-state index contributed by atoms with van der Waals surface area (Å²) in [7, 11) is 0. The molecule has 2 aliphatic carbocycles. The Hall–Kier alpha value is -2.15. The van der Waals surface area contributed by atoms with Crippen LogP contribution in [0.25, 0.3) is 10.8 Å². The van der Waals surface area contributed by atoms with Crippen LogP contribution in [0.15, 0.2) is 60.7 Å². The van der Waals surface area contributed by atoms with Gasteiger partial charge in [0, 0.05) is 5.92 Å². The Balaban J connectivity index is 1.99. The first-order valence-electron chi connectivity index (χ1n) is 6.73. The van der Waals surface area contributed by atoms with E-state index in [1.54, 1.807) is 0 Å². The van der Waals surface area contributed by atoms with Gasteiger partial charge in [-0.3, -0.25) is 4.79 Å². The summed E-state index contributed by atoms with van der Waals surface area (Å²) in [4.78, 5) is 12.4. The smallest absolute Gasteiger partial charge is 0.151 e. The van der Waals surface area contributed by atoms with Gasteiger partial charge in [0.15, 0.2) is 5.78 Å². The van der Waals surface area contributed by atoms with Crippen LogP contribution < -0.4 is 0 Å². The molecule has 0 saturated heterocycles. The fourth-order valence-corrected chi connectivity index (χ4v) is 3.23. The van der Waals surface area contributed by atoms with Crippen LogP contribution in [0, 0.1) is 5.92 Å². The summed E-state index contributed by atoms with van der Waals surface area (Å²) < 4.78 is 0. The summed E-state index contributed by atoms with van der Waals surface area (Å²) in [6.45, 7) is 0. The van der Waals surface area contributed by atoms with Gasteiger partial charge < -0.3 is 0 Å². The lowest BCUT2D eigenvalue weighted by molar-refractivity contribution is -0.122. The van der Waals surface area contributed by atoms with Crippen LogP contribution in [0.1, 0.15) is 17.0 Å². The van der Waals surface area contributed by atoms with Gasteiger partial charge in [0.2, 0.25) is 0 Å². The number of benzene rings is 2. The Bertz CT molecular complexity index is 736. The molecule has 4 rings (SSSR count). The molecule has 92 valence electrons. The van der Waals surface area contributed by atoms with Gasteiger partial charge in [-0.15, -0.1) is 0 Å². The maximum Gasteiger partial charge on any atom is 0.151 e. The normalized spacial score (nSPS) is 24.3. The molecule has 2 atom stereocenters. The molecule has 2 unspecified atom stereocenters. The molecule has 2 aliphatic rings. The Labute approximate surface area is 112 Å². The van der Waals surface area contributed by atoms with Crippen LogP contribution in [-0.4, -0.2) is 5.78 Å². The number of carbonyl (C=O) groups is 1. The number of hydrogen-bond donors (Lipinski definition) is 0. The lowest BCUT2D eigenvalue weighted by atomic mass is 9.75. The highest BCUT2D eigenvalue weighted by Gasteiger charge is 2.33. The number of ketones is 1. The van der Waals surface area contributed by atoms with Crippen molar-refractivity contribution in [3.63, 3.8) is 0 Å². The summed E-state index contributed by atoms with van der Waals surface area (Å²) >= 11 is 0. The SMILES string of the molecule is O=C1C2C=CC=CC1c1cc3ccccc3cc1C2. The zero-order valence-corrected chi connectivity index (χ0v) is 10.5. The summed E-state index contributed by atoms with van der Waals surface area (Å²) in [5, 5.41) is 2.48. The average molecular weight is 246 g/mol. The van der Waals surface area contributed by atoms with E-state index in [1.165, 1.54) is 21.9 Å². The summed E-state index contributed by atoms with van der Waals surface area (Å²) in [6, 6.07) is 12.8. The summed E-state index contributed by atoms with van der Waals surface area (Å²) in [5.74, 6) is 0.329. The van der Waals surface area contributed by atoms with Gasteiger partial charge in [-0.25, -0.2) is 0 Å². The van der Waals surface area contributed by atoms with Gasteiger partial charge >= 0.3 is 0 Å².